The van der Waals surface area contributed by atoms with Gasteiger partial charge in [0.2, 0.25) is 5.91 Å². The van der Waals surface area contributed by atoms with E-state index in [1.54, 1.807) is 0 Å². The number of aromatic amines is 1. The van der Waals surface area contributed by atoms with E-state index >= 15 is 0 Å². The molecule has 0 aliphatic carbocycles. The standard InChI is InChI=1S/C12H22N4O/c1-6-13-12(4,5)11(17)14-10-7-9(8(2)3)15-16-10/h7-8,13H,6H2,1-5H3,(H2,14,15,16,17). The van der Waals surface area contributed by atoms with Crippen LogP contribution in [0.1, 0.15) is 46.2 Å². The maximum Gasteiger partial charge on any atom is 0.245 e. The number of H-pyrrole nitrogens is 1. The van der Waals surface area contributed by atoms with Crippen LogP contribution in [0.5, 0.6) is 0 Å². The summed E-state index contributed by atoms with van der Waals surface area (Å²) in [7, 11) is 0. The molecule has 17 heavy (non-hydrogen) atoms. The Hall–Kier alpha value is -1.36. The summed E-state index contributed by atoms with van der Waals surface area (Å²) in [4.78, 5) is 12.0. The lowest BCUT2D eigenvalue weighted by Gasteiger charge is -2.23. The molecule has 1 heterocycles. The smallest absolute Gasteiger partial charge is 0.245 e. The largest absolute Gasteiger partial charge is 0.308 e. The van der Waals surface area contributed by atoms with Gasteiger partial charge in [-0.3, -0.25) is 9.89 Å². The molecule has 0 unspecified atom stereocenters. The first kappa shape index (κ1) is 13.7. The van der Waals surface area contributed by atoms with Crippen LogP contribution in [0.4, 0.5) is 5.82 Å². The number of nitrogens with zero attached hydrogens (tertiary/aromatic N) is 1. The fourth-order valence-electron chi connectivity index (χ4n) is 1.49. The summed E-state index contributed by atoms with van der Waals surface area (Å²) in [6, 6.07) is 1.87. The predicted octanol–water partition coefficient (Wildman–Crippen LogP) is 1.86. The number of carbonyl (C=O) groups is 1. The lowest BCUT2D eigenvalue weighted by molar-refractivity contribution is -0.121. The molecule has 5 heteroatoms. The maximum absolute atomic E-state index is 12.0. The molecular formula is C12H22N4O. The minimum atomic E-state index is -0.592. The Morgan fingerprint density at radius 2 is 2.18 bits per heavy atom. The first-order valence-corrected chi connectivity index (χ1v) is 5.98. The van der Waals surface area contributed by atoms with Crippen molar-refractivity contribution >= 4 is 11.7 Å². The second-order valence-corrected chi connectivity index (χ2v) is 4.97. The van der Waals surface area contributed by atoms with Crippen molar-refractivity contribution in [3.63, 3.8) is 0 Å². The summed E-state index contributed by atoms with van der Waals surface area (Å²) >= 11 is 0. The Kier molecular flexibility index (Phi) is 4.28. The lowest BCUT2D eigenvalue weighted by Crippen LogP contribution is -2.49. The molecule has 0 atom stereocenters. The van der Waals surface area contributed by atoms with E-state index in [4.69, 9.17) is 0 Å². The number of nitrogens with one attached hydrogen (secondary N) is 3. The van der Waals surface area contributed by atoms with Gasteiger partial charge in [-0.2, -0.15) is 5.10 Å². The van der Waals surface area contributed by atoms with Crippen LogP contribution in [0.25, 0.3) is 0 Å². The third-order valence-electron chi connectivity index (χ3n) is 2.65. The fraction of sp³-hybridized carbons (Fsp3) is 0.667. The van der Waals surface area contributed by atoms with Gasteiger partial charge in [0.25, 0.3) is 0 Å². The van der Waals surface area contributed by atoms with Crippen LogP contribution >= 0.6 is 0 Å². The van der Waals surface area contributed by atoms with Crippen LogP contribution in [-0.4, -0.2) is 28.2 Å². The van der Waals surface area contributed by atoms with Crippen molar-refractivity contribution < 1.29 is 4.79 Å². The van der Waals surface area contributed by atoms with Crippen molar-refractivity contribution in [2.45, 2.75) is 46.1 Å². The van der Waals surface area contributed by atoms with Gasteiger partial charge < -0.3 is 10.6 Å². The first-order valence-electron chi connectivity index (χ1n) is 5.98. The Balaban J connectivity index is 2.67. The van der Waals surface area contributed by atoms with Gasteiger partial charge in [-0.05, 0) is 26.3 Å². The van der Waals surface area contributed by atoms with Crippen molar-refractivity contribution in [3.8, 4) is 0 Å². The zero-order valence-electron chi connectivity index (χ0n) is 11.2. The summed E-state index contributed by atoms with van der Waals surface area (Å²) < 4.78 is 0. The molecular weight excluding hydrogens is 216 g/mol. The third kappa shape index (κ3) is 3.56. The van der Waals surface area contributed by atoms with E-state index in [2.05, 4.69) is 34.7 Å². The Morgan fingerprint density at radius 1 is 1.53 bits per heavy atom. The van der Waals surface area contributed by atoms with Gasteiger partial charge in [-0.25, -0.2) is 0 Å². The summed E-state index contributed by atoms with van der Waals surface area (Å²) in [5.41, 5.74) is 0.424. The quantitative estimate of drug-likeness (QED) is 0.733. The van der Waals surface area contributed by atoms with Gasteiger partial charge in [0.15, 0.2) is 5.82 Å². The van der Waals surface area contributed by atoms with Crippen LogP contribution < -0.4 is 10.6 Å². The minimum Gasteiger partial charge on any atom is -0.308 e. The molecule has 5 nitrogen and oxygen atoms in total. The molecule has 0 saturated carbocycles. The fourth-order valence-corrected chi connectivity index (χ4v) is 1.49. The van der Waals surface area contributed by atoms with E-state index in [9.17, 15) is 4.79 Å². The first-order chi connectivity index (χ1) is 7.86. The van der Waals surface area contributed by atoms with Gasteiger partial charge >= 0.3 is 0 Å². The van der Waals surface area contributed by atoms with Gasteiger partial charge in [0.1, 0.15) is 0 Å². The SMILES string of the molecule is CCNC(C)(C)C(=O)Nc1cc(C(C)C)[nH]n1. The number of amides is 1. The van der Waals surface area contributed by atoms with Crippen molar-refractivity contribution in [2.24, 2.45) is 0 Å². The molecule has 0 aliphatic heterocycles. The number of rotatable bonds is 5. The molecule has 0 aromatic carbocycles. The highest BCUT2D eigenvalue weighted by molar-refractivity contribution is 5.96. The molecule has 0 bridgehead atoms. The van der Waals surface area contributed by atoms with Gasteiger partial charge in [0, 0.05) is 11.8 Å². The van der Waals surface area contributed by atoms with Crippen molar-refractivity contribution in [1.29, 1.82) is 0 Å². The molecule has 1 amide bonds. The average Bonchev–Trinajstić information content (AvgIpc) is 2.66. The number of hydrogen-bond donors (Lipinski definition) is 3. The Bertz CT molecular complexity index is 382. The van der Waals surface area contributed by atoms with Crippen LogP contribution in [0, 0.1) is 0 Å². The number of anilines is 1. The Morgan fingerprint density at radius 3 is 2.65 bits per heavy atom. The van der Waals surface area contributed by atoms with E-state index < -0.39 is 5.54 Å². The molecule has 3 N–H and O–H groups in total. The molecule has 0 aliphatic rings. The second kappa shape index (κ2) is 5.31. The molecule has 1 aromatic heterocycles. The van der Waals surface area contributed by atoms with Gasteiger partial charge in [-0.1, -0.05) is 20.8 Å². The zero-order chi connectivity index (χ0) is 13.1. The number of carbonyl (C=O) groups excluding carboxylic acids is 1. The molecule has 1 aromatic rings. The summed E-state index contributed by atoms with van der Waals surface area (Å²) in [6.07, 6.45) is 0. The number of likely N-dealkylation sites (N-methyl/N-ethyl adjacent to an activating group) is 1. The van der Waals surface area contributed by atoms with Crippen molar-refractivity contribution in [3.05, 3.63) is 11.8 Å². The highest BCUT2D eigenvalue weighted by Gasteiger charge is 2.26. The summed E-state index contributed by atoms with van der Waals surface area (Å²) in [5.74, 6) is 0.862. The predicted molar refractivity (Wildman–Crippen MR) is 69.1 cm³/mol. The monoisotopic (exact) mass is 238 g/mol. The average molecular weight is 238 g/mol. The topological polar surface area (TPSA) is 69.8 Å². The molecule has 0 spiro atoms. The van der Waals surface area contributed by atoms with E-state index in [0.29, 0.717) is 11.7 Å². The van der Waals surface area contributed by atoms with Gasteiger partial charge in [0.05, 0.1) is 5.54 Å². The second-order valence-electron chi connectivity index (χ2n) is 4.97. The van der Waals surface area contributed by atoms with Crippen molar-refractivity contribution in [1.82, 2.24) is 15.5 Å². The molecule has 1 rings (SSSR count). The molecule has 96 valence electrons. The van der Waals surface area contributed by atoms with E-state index in [1.165, 1.54) is 0 Å². The van der Waals surface area contributed by atoms with E-state index in [-0.39, 0.29) is 5.91 Å². The molecule has 0 saturated heterocycles. The lowest BCUT2D eigenvalue weighted by atomic mass is 10.0. The highest BCUT2D eigenvalue weighted by Crippen LogP contribution is 2.15. The number of aromatic nitrogens is 2. The highest BCUT2D eigenvalue weighted by atomic mass is 16.2. The minimum absolute atomic E-state index is 0.0823. The third-order valence-corrected chi connectivity index (χ3v) is 2.65. The summed E-state index contributed by atoms with van der Waals surface area (Å²) in [5, 5.41) is 12.9. The van der Waals surface area contributed by atoms with Crippen LogP contribution in [0.2, 0.25) is 0 Å². The zero-order valence-corrected chi connectivity index (χ0v) is 11.2. The normalized spacial score (nSPS) is 11.9. The number of hydrogen-bond acceptors (Lipinski definition) is 3. The van der Waals surface area contributed by atoms with E-state index in [1.807, 2.05) is 26.8 Å². The van der Waals surface area contributed by atoms with Crippen LogP contribution in [0.15, 0.2) is 6.07 Å². The van der Waals surface area contributed by atoms with E-state index in [0.717, 1.165) is 12.2 Å². The van der Waals surface area contributed by atoms with Crippen LogP contribution in [0.3, 0.4) is 0 Å². The summed E-state index contributed by atoms with van der Waals surface area (Å²) in [6.45, 7) is 10.6. The van der Waals surface area contributed by atoms with Crippen LogP contribution in [-0.2, 0) is 4.79 Å². The van der Waals surface area contributed by atoms with Gasteiger partial charge in [-0.15, -0.1) is 0 Å². The molecule has 0 fully saturated rings. The molecule has 0 radical (unpaired) electrons. The Labute approximate surface area is 102 Å². The maximum atomic E-state index is 12.0. The van der Waals surface area contributed by atoms with Crippen molar-refractivity contribution in [2.75, 3.05) is 11.9 Å².